The van der Waals surface area contributed by atoms with E-state index in [0.717, 1.165) is 34.1 Å². The molecule has 0 radical (unpaired) electrons. The molecule has 1 aromatic heterocycles. The maximum absolute atomic E-state index is 12.7. The summed E-state index contributed by atoms with van der Waals surface area (Å²) in [5.41, 5.74) is 0.774. The molecule has 6 nitrogen and oxygen atoms in total. The van der Waals surface area contributed by atoms with E-state index in [0.29, 0.717) is 12.0 Å². The highest BCUT2D eigenvalue weighted by molar-refractivity contribution is 7.25. The van der Waals surface area contributed by atoms with Crippen molar-refractivity contribution < 1.29 is 24.5 Å². The Balaban J connectivity index is 1.44. The molecular formula is C25H23NO5S. The van der Waals surface area contributed by atoms with Gasteiger partial charge in [0.2, 0.25) is 5.91 Å². The van der Waals surface area contributed by atoms with Crippen LogP contribution in [0.25, 0.3) is 20.2 Å². The number of amides is 1. The molecule has 2 aliphatic heterocycles. The van der Waals surface area contributed by atoms with Crippen LogP contribution in [0.15, 0.2) is 53.7 Å². The van der Waals surface area contributed by atoms with E-state index in [2.05, 4.69) is 18.2 Å². The highest BCUT2D eigenvalue weighted by Gasteiger charge is 2.62. The van der Waals surface area contributed by atoms with Crippen LogP contribution in [0.1, 0.15) is 26.2 Å². The van der Waals surface area contributed by atoms with Gasteiger partial charge in [0.05, 0.1) is 18.1 Å². The van der Waals surface area contributed by atoms with Gasteiger partial charge in [-0.3, -0.25) is 4.79 Å². The molecule has 3 aromatic rings. The molecule has 3 aliphatic rings. The number of carboxylic acid groups (broad SMARTS) is 1. The van der Waals surface area contributed by atoms with Crippen molar-refractivity contribution in [2.24, 2.45) is 11.8 Å². The van der Waals surface area contributed by atoms with Crippen LogP contribution in [0.4, 0.5) is 0 Å². The lowest BCUT2D eigenvalue weighted by Crippen LogP contribution is -2.64. The van der Waals surface area contributed by atoms with Gasteiger partial charge in [0, 0.05) is 31.7 Å². The third kappa shape index (κ3) is 2.61. The Kier molecular flexibility index (Phi) is 4.35. The van der Waals surface area contributed by atoms with Gasteiger partial charge in [0.15, 0.2) is 0 Å². The van der Waals surface area contributed by atoms with Gasteiger partial charge >= 0.3 is 5.97 Å². The maximum Gasteiger partial charge on any atom is 0.352 e. The lowest BCUT2D eigenvalue weighted by molar-refractivity contribution is -0.163. The van der Waals surface area contributed by atoms with E-state index in [-0.39, 0.29) is 23.6 Å². The number of carboxylic acids is 1. The normalized spacial score (nSPS) is 27.9. The van der Waals surface area contributed by atoms with Gasteiger partial charge in [-0.25, -0.2) is 4.79 Å². The summed E-state index contributed by atoms with van der Waals surface area (Å²) in [6, 6.07) is 13.9. The van der Waals surface area contributed by atoms with Gasteiger partial charge in [0.25, 0.3) is 0 Å². The molecule has 1 saturated carbocycles. The molecule has 164 valence electrons. The van der Waals surface area contributed by atoms with E-state index in [1.807, 2.05) is 24.3 Å². The van der Waals surface area contributed by atoms with Gasteiger partial charge < -0.3 is 19.8 Å². The standard InChI is InChI=1S/C25H23NO5S/c1-12(27)19-22-14-7-4-8-16(21(14)23(25(29)30)26(22)24(19)28)31-15-9-5-11-18-20(15)13-6-2-3-10-17(13)32-18/h2-3,5-6,9-12,14,16,19,22,27H,4,7-8H2,1H3,(H,29,30). The van der Waals surface area contributed by atoms with Crippen LogP contribution in [-0.4, -0.2) is 45.2 Å². The number of β-lactam (4-membered cyclic amide) rings is 1. The molecule has 5 unspecified atom stereocenters. The zero-order valence-corrected chi connectivity index (χ0v) is 18.3. The summed E-state index contributed by atoms with van der Waals surface area (Å²) in [6.07, 6.45) is 1.18. The molecule has 3 heterocycles. The number of ether oxygens (including phenoxy) is 1. The zero-order chi connectivity index (χ0) is 22.1. The summed E-state index contributed by atoms with van der Waals surface area (Å²) in [4.78, 5) is 26.4. The number of carbonyl (C=O) groups excluding carboxylic acids is 1. The SMILES string of the molecule is CC(O)C1C(=O)N2C(C(=O)O)=C3C(Oc4cccc5sc6ccccc6c45)CCCC3C12. The first-order chi connectivity index (χ1) is 15.5. The van der Waals surface area contributed by atoms with Gasteiger partial charge in [-0.05, 0) is 44.4 Å². The number of hydrogen-bond donors (Lipinski definition) is 2. The molecule has 6 rings (SSSR count). The van der Waals surface area contributed by atoms with Crippen molar-refractivity contribution in [3.05, 3.63) is 53.7 Å². The van der Waals surface area contributed by atoms with Crippen molar-refractivity contribution in [2.45, 2.75) is 44.4 Å². The minimum absolute atomic E-state index is 0.0638. The summed E-state index contributed by atoms with van der Waals surface area (Å²) in [7, 11) is 0. The Morgan fingerprint density at radius 1 is 1.16 bits per heavy atom. The van der Waals surface area contributed by atoms with E-state index in [1.165, 1.54) is 9.60 Å². The van der Waals surface area contributed by atoms with Crippen molar-refractivity contribution in [3.63, 3.8) is 0 Å². The number of fused-ring (bicyclic) bond motifs is 6. The summed E-state index contributed by atoms with van der Waals surface area (Å²) in [5, 5.41) is 22.3. The molecule has 32 heavy (non-hydrogen) atoms. The number of carbonyl (C=O) groups is 2. The third-order valence-corrected chi connectivity index (χ3v) is 8.33. The topological polar surface area (TPSA) is 87.1 Å². The Labute approximate surface area is 188 Å². The van der Waals surface area contributed by atoms with Crippen LogP contribution >= 0.6 is 11.3 Å². The molecular weight excluding hydrogens is 426 g/mol. The molecule has 5 atom stereocenters. The monoisotopic (exact) mass is 449 g/mol. The molecule has 0 spiro atoms. The molecule has 0 bridgehead atoms. The van der Waals surface area contributed by atoms with Crippen LogP contribution in [-0.2, 0) is 9.59 Å². The Morgan fingerprint density at radius 2 is 1.94 bits per heavy atom. The van der Waals surface area contributed by atoms with Crippen LogP contribution in [0.5, 0.6) is 5.75 Å². The fourth-order valence-electron chi connectivity index (χ4n) is 5.95. The van der Waals surface area contributed by atoms with E-state index in [4.69, 9.17) is 4.74 Å². The first kappa shape index (κ1) is 19.8. The van der Waals surface area contributed by atoms with Crippen LogP contribution < -0.4 is 4.74 Å². The highest BCUT2D eigenvalue weighted by atomic mass is 32.1. The minimum Gasteiger partial charge on any atom is -0.485 e. The second-order valence-electron chi connectivity index (χ2n) is 8.95. The molecule has 2 fully saturated rings. The van der Waals surface area contributed by atoms with Crippen molar-refractivity contribution >= 4 is 43.4 Å². The Morgan fingerprint density at radius 3 is 2.72 bits per heavy atom. The lowest BCUT2D eigenvalue weighted by Gasteiger charge is -2.47. The predicted octanol–water partition coefficient (Wildman–Crippen LogP) is 4.16. The summed E-state index contributed by atoms with van der Waals surface area (Å²) >= 11 is 1.71. The van der Waals surface area contributed by atoms with E-state index >= 15 is 0 Å². The van der Waals surface area contributed by atoms with Gasteiger partial charge in [-0.2, -0.15) is 0 Å². The second-order valence-corrected chi connectivity index (χ2v) is 10.0. The van der Waals surface area contributed by atoms with Crippen molar-refractivity contribution in [2.75, 3.05) is 0 Å². The van der Waals surface area contributed by atoms with Crippen molar-refractivity contribution in [3.8, 4) is 5.75 Å². The fraction of sp³-hybridized carbons (Fsp3) is 0.360. The van der Waals surface area contributed by atoms with E-state index < -0.39 is 24.1 Å². The van der Waals surface area contributed by atoms with Crippen LogP contribution in [0.3, 0.4) is 0 Å². The van der Waals surface area contributed by atoms with Gasteiger partial charge in [-0.1, -0.05) is 24.3 Å². The first-order valence-corrected chi connectivity index (χ1v) is 11.8. The molecule has 1 aliphatic carbocycles. The fourth-order valence-corrected chi connectivity index (χ4v) is 7.07. The van der Waals surface area contributed by atoms with E-state index in [9.17, 15) is 19.8 Å². The number of benzene rings is 2. The smallest absolute Gasteiger partial charge is 0.352 e. The number of aliphatic hydroxyl groups excluding tert-OH is 1. The quantitative estimate of drug-likeness (QED) is 0.584. The second kappa shape index (κ2) is 7.05. The average Bonchev–Trinajstić information content (AvgIpc) is 3.28. The van der Waals surface area contributed by atoms with Crippen LogP contribution in [0.2, 0.25) is 0 Å². The van der Waals surface area contributed by atoms with E-state index in [1.54, 1.807) is 18.3 Å². The summed E-state index contributed by atoms with van der Waals surface area (Å²) in [5.74, 6) is -1.28. The van der Waals surface area contributed by atoms with Gasteiger partial charge in [-0.15, -0.1) is 11.3 Å². The zero-order valence-electron chi connectivity index (χ0n) is 17.5. The number of thiophene rings is 1. The Hall–Kier alpha value is -2.90. The lowest BCUT2D eigenvalue weighted by atomic mass is 9.71. The number of hydrogen-bond acceptors (Lipinski definition) is 5. The van der Waals surface area contributed by atoms with Gasteiger partial charge in [0.1, 0.15) is 17.6 Å². The number of aliphatic hydroxyl groups is 1. The number of rotatable bonds is 4. The van der Waals surface area contributed by atoms with Crippen molar-refractivity contribution in [1.82, 2.24) is 4.90 Å². The minimum atomic E-state index is -1.10. The molecule has 2 N–H and O–H groups in total. The summed E-state index contributed by atoms with van der Waals surface area (Å²) in [6.45, 7) is 1.61. The predicted molar refractivity (Wildman–Crippen MR) is 122 cm³/mol. The third-order valence-electron chi connectivity index (χ3n) is 7.20. The molecule has 7 heteroatoms. The maximum atomic E-state index is 12.7. The highest BCUT2D eigenvalue weighted by Crippen LogP contribution is 2.53. The van der Waals surface area contributed by atoms with Crippen molar-refractivity contribution in [1.29, 1.82) is 0 Å². The molecule has 1 amide bonds. The largest absolute Gasteiger partial charge is 0.485 e. The molecule has 2 aromatic carbocycles. The average molecular weight is 450 g/mol. The number of aliphatic carboxylic acids is 1. The first-order valence-electron chi connectivity index (χ1n) is 11.0. The molecule has 1 saturated heterocycles. The Bertz CT molecular complexity index is 1310. The summed E-state index contributed by atoms with van der Waals surface area (Å²) < 4.78 is 8.88. The number of nitrogens with zero attached hydrogens (tertiary/aromatic N) is 1. The van der Waals surface area contributed by atoms with Crippen LogP contribution in [0, 0.1) is 11.8 Å².